The summed E-state index contributed by atoms with van der Waals surface area (Å²) in [5, 5.41) is 10.7. The number of carbonyl (C=O) groups excluding carboxylic acids is 3. The maximum atomic E-state index is 12.3. The van der Waals surface area contributed by atoms with Crippen LogP contribution >= 0.6 is 0 Å². The molecule has 3 rings (SSSR count). The van der Waals surface area contributed by atoms with Crippen molar-refractivity contribution in [1.82, 2.24) is 29.8 Å². The maximum absolute atomic E-state index is 12.3. The second kappa shape index (κ2) is 12.7. The standard InChI is InChI=1S/C24H43N7O6/c1-24(2,3)37-22(33)26-21(25)31-15-9-28(10-16-31)8-6-7-18-20(36-23(34)27(18)4)30-13-11-29(12-14-30)17-19(32)35-5/h18,20H,6-17H2,1-5H3,(H2,25,26,33). The fraction of sp³-hybridized carbons (Fsp3) is 0.833. The van der Waals surface area contributed by atoms with E-state index in [1.165, 1.54) is 7.11 Å². The first kappa shape index (κ1) is 28.9. The van der Waals surface area contributed by atoms with E-state index in [1.807, 2.05) is 4.90 Å². The largest absolute Gasteiger partial charge is 0.468 e. The van der Waals surface area contributed by atoms with Gasteiger partial charge in [0.15, 0.2) is 6.23 Å². The molecule has 2 amide bonds. The minimum Gasteiger partial charge on any atom is -0.468 e. The van der Waals surface area contributed by atoms with Crippen LogP contribution in [0.2, 0.25) is 0 Å². The number of carbonyl (C=O) groups is 3. The summed E-state index contributed by atoms with van der Waals surface area (Å²) < 4.78 is 15.7. The third-order valence-electron chi connectivity index (χ3n) is 6.97. The Morgan fingerprint density at radius 2 is 1.68 bits per heavy atom. The molecule has 2 N–H and O–H groups in total. The average Bonchev–Trinajstić information content (AvgIpc) is 3.12. The predicted octanol–water partition coefficient (Wildman–Crippen LogP) is 0.411. The summed E-state index contributed by atoms with van der Waals surface area (Å²) in [7, 11) is 3.19. The summed E-state index contributed by atoms with van der Waals surface area (Å²) >= 11 is 0. The molecular weight excluding hydrogens is 482 g/mol. The Kier molecular flexibility index (Phi) is 9.96. The lowest BCUT2D eigenvalue weighted by atomic mass is 10.1. The van der Waals surface area contributed by atoms with E-state index >= 15 is 0 Å². The number of nitrogens with one attached hydrogen (secondary N) is 2. The molecule has 0 saturated carbocycles. The van der Waals surface area contributed by atoms with E-state index in [0.29, 0.717) is 13.1 Å². The Bertz CT molecular complexity index is 819. The number of ether oxygens (including phenoxy) is 3. The van der Waals surface area contributed by atoms with Gasteiger partial charge in [0.25, 0.3) is 0 Å². The Morgan fingerprint density at radius 3 is 2.27 bits per heavy atom. The first-order valence-corrected chi connectivity index (χ1v) is 13.0. The predicted molar refractivity (Wildman–Crippen MR) is 136 cm³/mol. The first-order chi connectivity index (χ1) is 17.5. The number of nitrogens with zero attached hydrogens (tertiary/aromatic N) is 5. The van der Waals surface area contributed by atoms with Crippen molar-refractivity contribution < 1.29 is 28.6 Å². The van der Waals surface area contributed by atoms with Crippen LogP contribution in [0.3, 0.4) is 0 Å². The Labute approximate surface area is 219 Å². The second-order valence-corrected chi connectivity index (χ2v) is 10.8. The summed E-state index contributed by atoms with van der Waals surface area (Å²) in [5.41, 5.74) is -0.607. The van der Waals surface area contributed by atoms with Crippen molar-refractivity contribution in [3.8, 4) is 0 Å². The second-order valence-electron chi connectivity index (χ2n) is 10.8. The minimum atomic E-state index is -0.614. The molecule has 2 atom stereocenters. The summed E-state index contributed by atoms with van der Waals surface area (Å²) in [6.45, 7) is 12.3. The van der Waals surface area contributed by atoms with Crippen LogP contribution in [0.15, 0.2) is 0 Å². The molecule has 0 spiro atoms. The van der Waals surface area contributed by atoms with Gasteiger partial charge in [-0.3, -0.25) is 30.2 Å². The number of alkyl carbamates (subject to hydrolysis) is 1. The van der Waals surface area contributed by atoms with Gasteiger partial charge in [0.1, 0.15) is 5.60 Å². The quantitative estimate of drug-likeness (QED) is 0.209. The van der Waals surface area contributed by atoms with Gasteiger partial charge in [0, 0.05) is 59.4 Å². The number of hydrogen-bond donors (Lipinski definition) is 2. The Morgan fingerprint density at radius 1 is 1.05 bits per heavy atom. The molecule has 37 heavy (non-hydrogen) atoms. The first-order valence-electron chi connectivity index (χ1n) is 13.0. The van der Waals surface area contributed by atoms with Gasteiger partial charge in [-0.1, -0.05) is 0 Å². The van der Waals surface area contributed by atoms with E-state index in [1.54, 1.807) is 32.7 Å². The molecule has 2 unspecified atom stereocenters. The van der Waals surface area contributed by atoms with Gasteiger partial charge in [-0.25, -0.2) is 9.59 Å². The molecule has 3 fully saturated rings. The molecule has 0 radical (unpaired) electrons. The third kappa shape index (κ3) is 8.44. The van der Waals surface area contributed by atoms with Crippen molar-refractivity contribution in [1.29, 1.82) is 5.41 Å². The number of esters is 1. The normalized spacial score (nSPS) is 24.1. The molecule has 13 nitrogen and oxygen atoms in total. The van der Waals surface area contributed by atoms with Crippen LogP contribution in [0.5, 0.6) is 0 Å². The van der Waals surface area contributed by atoms with E-state index in [0.717, 1.165) is 58.7 Å². The van der Waals surface area contributed by atoms with Gasteiger partial charge in [-0.15, -0.1) is 0 Å². The molecule has 210 valence electrons. The van der Waals surface area contributed by atoms with E-state index in [2.05, 4.69) is 20.0 Å². The molecule has 0 aromatic rings. The number of guanidine groups is 1. The lowest BCUT2D eigenvalue weighted by molar-refractivity contribution is -0.142. The summed E-state index contributed by atoms with van der Waals surface area (Å²) in [6, 6.07) is -0.0212. The highest BCUT2D eigenvalue weighted by molar-refractivity contribution is 5.92. The number of piperazine rings is 2. The third-order valence-corrected chi connectivity index (χ3v) is 6.97. The molecule has 3 aliphatic heterocycles. The zero-order chi connectivity index (χ0) is 27.2. The van der Waals surface area contributed by atoms with Gasteiger partial charge in [-0.05, 0) is 40.2 Å². The Balaban J connectivity index is 1.39. The van der Waals surface area contributed by atoms with E-state index in [-0.39, 0.29) is 36.8 Å². The van der Waals surface area contributed by atoms with Gasteiger partial charge >= 0.3 is 18.2 Å². The topological polar surface area (TPSA) is 131 Å². The van der Waals surface area contributed by atoms with Gasteiger partial charge in [-0.2, -0.15) is 0 Å². The van der Waals surface area contributed by atoms with Crippen LogP contribution in [0.1, 0.15) is 33.6 Å². The van der Waals surface area contributed by atoms with Crippen LogP contribution in [0, 0.1) is 5.41 Å². The number of likely N-dealkylation sites (N-methyl/N-ethyl adjacent to an activating group) is 1. The molecule has 0 aromatic carbocycles. The Hall–Kier alpha value is -2.64. The number of cyclic esters (lactones) is 1. The van der Waals surface area contributed by atoms with E-state index in [9.17, 15) is 14.4 Å². The van der Waals surface area contributed by atoms with Crippen molar-refractivity contribution in [3.05, 3.63) is 0 Å². The maximum Gasteiger partial charge on any atom is 0.414 e. The molecule has 3 heterocycles. The summed E-state index contributed by atoms with van der Waals surface area (Å²) in [6.07, 6.45) is 0.547. The van der Waals surface area contributed by atoms with Gasteiger partial charge in [0.05, 0.1) is 19.7 Å². The van der Waals surface area contributed by atoms with Crippen molar-refractivity contribution >= 4 is 24.1 Å². The lowest BCUT2D eigenvalue weighted by Crippen LogP contribution is -2.55. The smallest absolute Gasteiger partial charge is 0.414 e. The SMILES string of the molecule is COC(=O)CN1CCN(C2OC(=O)N(C)C2CCCN2CCN(C(=N)NC(=O)OC(C)(C)C)CC2)CC1. The molecule has 3 saturated heterocycles. The highest BCUT2D eigenvalue weighted by atomic mass is 16.6. The molecule has 3 aliphatic rings. The van der Waals surface area contributed by atoms with Crippen LogP contribution < -0.4 is 5.32 Å². The zero-order valence-electron chi connectivity index (χ0n) is 22.8. The van der Waals surface area contributed by atoms with Crippen LogP contribution in [0.4, 0.5) is 9.59 Å². The number of methoxy groups -OCH3 is 1. The highest BCUT2D eigenvalue weighted by Crippen LogP contribution is 2.26. The average molecular weight is 526 g/mol. The summed E-state index contributed by atoms with van der Waals surface area (Å²) in [4.78, 5) is 46.0. The number of rotatable bonds is 7. The van der Waals surface area contributed by atoms with Crippen molar-refractivity contribution in [2.75, 3.05) is 79.6 Å². The van der Waals surface area contributed by atoms with Crippen molar-refractivity contribution in [2.24, 2.45) is 0 Å². The fourth-order valence-corrected chi connectivity index (χ4v) is 4.87. The number of hydrogen-bond acceptors (Lipinski definition) is 10. The molecule has 0 aliphatic carbocycles. The molecule has 0 bridgehead atoms. The number of amides is 2. The van der Waals surface area contributed by atoms with E-state index in [4.69, 9.17) is 19.6 Å². The zero-order valence-corrected chi connectivity index (χ0v) is 22.8. The minimum absolute atomic E-state index is 0.0212. The van der Waals surface area contributed by atoms with Crippen LogP contribution in [-0.2, 0) is 19.0 Å². The van der Waals surface area contributed by atoms with Crippen molar-refractivity contribution in [2.45, 2.75) is 51.5 Å². The monoisotopic (exact) mass is 525 g/mol. The molecular formula is C24H43N7O6. The van der Waals surface area contributed by atoms with Crippen molar-refractivity contribution in [3.63, 3.8) is 0 Å². The van der Waals surface area contributed by atoms with E-state index < -0.39 is 11.7 Å². The van der Waals surface area contributed by atoms with Crippen LogP contribution in [0.25, 0.3) is 0 Å². The highest BCUT2D eigenvalue weighted by Gasteiger charge is 2.43. The van der Waals surface area contributed by atoms with Gasteiger partial charge in [0.2, 0.25) is 5.96 Å². The lowest BCUT2D eigenvalue weighted by Gasteiger charge is -2.38. The van der Waals surface area contributed by atoms with Crippen LogP contribution in [-0.4, -0.2) is 146 Å². The molecule has 0 aromatic heterocycles. The van der Waals surface area contributed by atoms with Gasteiger partial charge < -0.3 is 24.0 Å². The summed E-state index contributed by atoms with van der Waals surface area (Å²) in [5.74, 6) is -0.179. The molecule has 13 heteroatoms. The fourth-order valence-electron chi connectivity index (χ4n) is 4.87.